The highest BCUT2D eigenvalue weighted by Crippen LogP contribution is 2.28. The summed E-state index contributed by atoms with van der Waals surface area (Å²) in [4.78, 5) is 4.62. The first-order valence-electron chi connectivity index (χ1n) is 8.63. The van der Waals surface area contributed by atoms with E-state index in [1.807, 2.05) is 25.1 Å². The van der Waals surface area contributed by atoms with Crippen LogP contribution in [0.1, 0.15) is 25.3 Å². The van der Waals surface area contributed by atoms with Crippen LogP contribution < -0.4 is 20.1 Å². The van der Waals surface area contributed by atoms with E-state index in [0.29, 0.717) is 18.0 Å². The number of nitrogens with one attached hydrogen (secondary N) is 2. The van der Waals surface area contributed by atoms with E-state index in [1.54, 1.807) is 7.11 Å². The maximum atomic E-state index is 5.63. The van der Waals surface area contributed by atoms with E-state index in [0.717, 1.165) is 44.1 Å². The number of ether oxygens (including phenoxy) is 3. The van der Waals surface area contributed by atoms with Crippen molar-refractivity contribution >= 4 is 29.9 Å². The van der Waals surface area contributed by atoms with E-state index in [4.69, 9.17) is 20.6 Å². The Labute approximate surface area is 173 Å². The Hall–Kier alpha value is -1.66. The van der Waals surface area contributed by atoms with E-state index in [9.17, 15) is 0 Å². The largest absolute Gasteiger partial charge is 0.493 e. The van der Waals surface area contributed by atoms with Crippen molar-refractivity contribution in [3.8, 4) is 23.8 Å². The van der Waals surface area contributed by atoms with Gasteiger partial charge in [0.05, 0.1) is 19.8 Å². The average Bonchev–Trinajstić information content (AvgIpc) is 3.16. The van der Waals surface area contributed by atoms with E-state index >= 15 is 0 Å². The van der Waals surface area contributed by atoms with E-state index in [2.05, 4.69) is 21.5 Å². The summed E-state index contributed by atoms with van der Waals surface area (Å²) in [6.07, 6.45) is 7.76. The molecule has 1 unspecified atom stereocenters. The molecule has 0 radical (unpaired) electrons. The minimum atomic E-state index is 0. The first-order valence-corrected chi connectivity index (χ1v) is 8.63. The van der Waals surface area contributed by atoms with Crippen LogP contribution in [0.5, 0.6) is 11.5 Å². The molecular formula is C19H28IN3O3. The maximum Gasteiger partial charge on any atom is 0.191 e. The van der Waals surface area contributed by atoms with Gasteiger partial charge in [-0.2, -0.15) is 0 Å². The molecule has 144 valence electrons. The lowest BCUT2D eigenvalue weighted by atomic mass is 10.2. The second-order valence-electron chi connectivity index (χ2n) is 5.69. The molecule has 1 saturated heterocycles. The van der Waals surface area contributed by atoms with Gasteiger partial charge in [0.2, 0.25) is 0 Å². The van der Waals surface area contributed by atoms with Crippen molar-refractivity contribution in [1.82, 2.24) is 10.6 Å². The summed E-state index contributed by atoms with van der Waals surface area (Å²) in [6.45, 7) is 5.20. The molecule has 7 heteroatoms. The number of hydrogen-bond donors (Lipinski definition) is 2. The Bertz CT molecular complexity index is 611. The van der Waals surface area contributed by atoms with Crippen LogP contribution in [0.15, 0.2) is 23.2 Å². The van der Waals surface area contributed by atoms with E-state index in [-0.39, 0.29) is 36.7 Å². The predicted octanol–water partition coefficient (Wildman–Crippen LogP) is 2.56. The lowest BCUT2D eigenvalue weighted by Gasteiger charge is -2.15. The Balaban J connectivity index is 0.00000338. The summed E-state index contributed by atoms with van der Waals surface area (Å²) in [6, 6.07) is 5.74. The first-order chi connectivity index (χ1) is 12.3. The van der Waals surface area contributed by atoms with Crippen LogP contribution in [-0.2, 0) is 11.3 Å². The highest BCUT2D eigenvalue weighted by molar-refractivity contribution is 14.0. The number of terminal acetylenes is 1. The Morgan fingerprint density at radius 2 is 2.23 bits per heavy atom. The zero-order valence-electron chi connectivity index (χ0n) is 15.4. The molecule has 0 aliphatic carbocycles. The number of nitrogens with zero attached hydrogens (tertiary/aromatic N) is 1. The fourth-order valence-corrected chi connectivity index (χ4v) is 2.58. The third-order valence-corrected chi connectivity index (χ3v) is 3.82. The third-order valence-electron chi connectivity index (χ3n) is 3.82. The topological polar surface area (TPSA) is 64.1 Å². The molecule has 1 atom stereocenters. The van der Waals surface area contributed by atoms with Gasteiger partial charge in [-0.25, -0.2) is 4.99 Å². The molecule has 1 heterocycles. The van der Waals surface area contributed by atoms with Gasteiger partial charge in [0.1, 0.15) is 6.61 Å². The molecule has 2 N–H and O–H groups in total. The standard InChI is InChI=1S/C19H27N3O3.HI/c1-4-10-25-18-12-15(8-9-17(18)23-3)13-21-19(20-5-2)22-14-16-7-6-11-24-16;/h1,8-9,12,16H,5-7,10-11,13-14H2,2-3H3,(H2,20,21,22);1H. The third kappa shape index (κ3) is 7.30. The quantitative estimate of drug-likeness (QED) is 0.263. The van der Waals surface area contributed by atoms with Gasteiger partial charge in [-0.15, -0.1) is 30.4 Å². The van der Waals surface area contributed by atoms with Crippen molar-refractivity contribution in [2.24, 2.45) is 4.99 Å². The molecular weight excluding hydrogens is 445 g/mol. The molecule has 1 fully saturated rings. The molecule has 1 aliphatic heterocycles. The van der Waals surface area contributed by atoms with Gasteiger partial charge in [0, 0.05) is 19.7 Å². The minimum absolute atomic E-state index is 0. The van der Waals surface area contributed by atoms with Crippen molar-refractivity contribution in [3.63, 3.8) is 0 Å². The normalized spacial score (nSPS) is 16.3. The highest BCUT2D eigenvalue weighted by Gasteiger charge is 2.15. The SMILES string of the molecule is C#CCOc1cc(CN=C(NCC)NCC2CCCO2)ccc1OC.I. The van der Waals surface area contributed by atoms with Crippen LogP contribution in [0.25, 0.3) is 0 Å². The fourth-order valence-electron chi connectivity index (χ4n) is 2.58. The number of halogens is 1. The molecule has 26 heavy (non-hydrogen) atoms. The molecule has 0 aromatic heterocycles. The zero-order valence-corrected chi connectivity index (χ0v) is 17.7. The smallest absolute Gasteiger partial charge is 0.191 e. The van der Waals surface area contributed by atoms with Gasteiger partial charge in [-0.3, -0.25) is 0 Å². The fraction of sp³-hybridized carbons (Fsp3) is 0.526. The van der Waals surface area contributed by atoms with Crippen LogP contribution in [0.3, 0.4) is 0 Å². The molecule has 1 aromatic rings. The molecule has 0 spiro atoms. The van der Waals surface area contributed by atoms with E-state index < -0.39 is 0 Å². The lowest BCUT2D eigenvalue weighted by Crippen LogP contribution is -2.41. The molecule has 2 rings (SSSR count). The number of guanidine groups is 1. The molecule has 0 bridgehead atoms. The van der Waals surface area contributed by atoms with Gasteiger partial charge in [0.25, 0.3) is 0 Å². The number of methoxy groups -OCH3 is 1. The summed E-state index contributed by atoms with van der Waals surface area (Å²) < 4.78 is 16.5. The van der Waals surface area contributed by atoms with Crippen molar-refractivity contribution in [1.29, 1.82) is 0 Å². The van der Waals surface area contributed by atoms with Crippen molar-refractivity contribution in [2.45, 2.75) is 32.4 Å². The van der Waals surface area contributed by atoms with Gasteiger partial charge >= 0.3 is 0 Å². The van der Waals surface area contributed by atoms with Crippen LogP contribution >= 0.6 is 24.0 Å². The van der Waals surface area contributed by atoms with Crippen molar-refractivity contribution in [3.05, 3.63) is 23.8 Å². The monoisotopic (exact) mass is 473 g/mol. The van der Waals surface area contributed by atoms with Crippen LogP contribution in [0.2, 0.25) is 0 Å². The number of rotatable bonds is 8. The van der Waals surface area contributed by atoms with Gasteiger partial charge < -0.3 is 24.8 Å². The van der Waals surface area contributed by atoms with Crippen molar-refractivity contribution < 1.29 is 14.2 Å². The second kappa shape index (κ2) is 12.7. The van der Waals surface area contributed by atoms with E-state index in [1.165, 1.54) is 0 Å². The lowest BCUT2D eigenvalue weighted by molar-refractivity contribution is 0.114. The molecule has 1 aromatic carbocycles. The summed E-state index contributed by atoms with van der Waals surface area (Å²) in [5, 5.41) is 6.58. The Kier molecular flexibility index (Phi) is 10.9. The Morgan fingerprint density at radius 3 is 2.88 bits per heavy atom. The molecule has 0 amide bonds. The highest BCUT2D eigenvalue weighted by atomic mass is 127. The first kappa shape index (κ1) is 22.4. The summed E-state index contributed by atoms with van der Waals surface area (Å²) in [5.74, 6) is 4.53. The van der Waals surface area contributed by atoms with Crippen LogP contribution in [-0.4, -0.2) is 45.5 Å². The Morgan fingerprint density at radius 1 is 1.38 bits per heavy atom. The zero-order chi connectivity index (χ0) is 17.9. The maximum absolute atomic E-state index is 5.63. The molecule has 0 saturated carbocycles. The molecule has 1 aliphatic rings. The summed E-state index contributed by atoms with van der Waals surface area (Å²) in [5.41, 5.74) is 1.02. The predicted molar refractivity (Wildman–Crippen MR) is 115 cm³/mol. The number of hydrogen-bond acceptors (Lipinski definition) is 4. The van der Waals surface area contributed by atoms with Gasteiger partial charge in [-0.1, -0.05) is 12.0 Å². The summed E-state index contributed by atoms with van der Waals surface area (Å²) in [7, 11) is 1.61. The van der Waals surface area contributed by atoms with Gasteiger partial charge in [-0.05, 0) is 37.5 Å². The minimum Gasteiger partial charge on any atom is -0.493 e. The van der Waals surface area contributed by atoms with Crippen LogP contribution in [0.4, 0.5) is 0 Å². The van der Waals surface area contributed by atoms with Crippen molar-refractivity contribution in [2.75, 3.05) is 33.4 Å². The van der Waals surface area contributed by atoms with Crippen LogP contribution in [0, 0.1) is 12.3 Å². The van der Waals surface area contributed by atoms with Gasteiger partial charge in [0.15, 0.2) is 17.5 Å². The number of benzene rings is 1. The molecule has 6 nitrogen and oxygen atoms in total. The number of aliphatic imine (C=N–C) groups is 1. The summed E-state index contributed by atoms with van der Waals surface area (Å²) >= 11 is 0. The average molecular weight is 473 g/mol. The second-order valence-corrected chi connectivity index (χ2v) is 5.69.